The number of hydrogen-bond acceptors (Lipinski definition) is 2. The van der Waals surface area contributed by atoms with Crippen molar-refractivity contribution in [2.45, 2.75) is 45.1 Å². The van der Waals surface area contributed by atoms with Crippen molar-refractivity contribution in [3.8, 4) is 5.75 Å². The number of nitrogens with zero attached hydrogens (tertiary/aromatic N) is 1. The molecule has 0 spiro atoms. The molecule has 3 rings (SSSR count). The first kappa shape index (κ1) is 17.6. The Morgan fingerprint density at radius 1 is 1.17 bits per heavy atom. The second kappa shape index (κ2) is 8.21. The lowest BCUT2D eigenvalue weighted by atomic mass is 9.82. The van der Waals surface area contributed by atoms with Gasteiger partial charge in [-0.3, -0.25) is 0 Å². The summed E-state index contributed by atoms with van der Waals surface area (Å²) in [4.78, 5) is 2.48. The Morgan fingerprint density at radius 3 is 2.61 bits per heavy atom. The molecular formula is C20H29NO2. The second-order valence-electron chi connectivity index (χ2n) is 6.48. The Bertz CT molecular complexity index is 547. The van der Waals surface area contributed by atoms with Gasteiger partial charge in [-0.1, -0.05) is 30.4 Å². The summed E-state index contributed by atoms with van der Waals surface area (Å²) >= 11 is 0. The third-order valence-corrected chi connectivity index (χ3v) is 5.04. The minimum Gasteiger partial charge on any atom is -0.497 e. The highest BCUT2D eigenvalue weighted by Gasteiger charge is 2.26. The normalized spacial score (nSPS) is 21.4. The molecule has 0 amide bonds. The molecule has 1 heterocycles. The average Bonchev–Trinajstić information content (AvgIpc) is 2.58. The van der Waals surface area contributed by atoms with Crippen LogP contribution in [0.5, 0.6) is 5.75 Å². The van der Waals surface area contributed by atoms with Crippen LogP contribution in [0.15, 0.2) is 48.2 Å². The minimum absolute atomic E-state index is 0. The first-order valence-electron chi connectivity index (χ1n) is 8.53. The van der Waals surface area contributed by atoms with E-state index >= 15 is 0 Å². The molecule has 126 valence electrons. The van der Waals surface area contributed by atoms with Gasteiger partial charge >= 0.3 is 0 Å². The zero-order valence-electron chi connectivity index (χ0n) is 14.2. The fourth-order valence-electron chi connectivity index (χ4n) is 3.73. The van der Waals surface area contributed by atoms with Crippen LogP contribution in [0.1, 0.15) is 44.1 Å². The Hall–Kier alpha value is -1.74. The fraction of sp³-hybridized carbons (Fsp3) is 0.500. The summed E-state index contributed by atoms with van der Waals surface area (Å²) < 4.78 is 5.24. The summed E-state index contributed by atoms with van der Waals surface area (Å²) in [5.41, 5.74) is 4.31. The van der Waals surface area contributed by atoms with Crippen LogP contribution in [0.4, 0.5) is 0 Å². The van der Waals surface area contributed by atoms with Crippen LogP contribution in [-0.4, -0.2) is 24.0 Å². The Kier molecular flexibility index (Phi) is 6.28. The van der Waals surface area contributed by atoms with E-state index in [4.69, 9.17) is 4.74 Å². The predicted molar refractivity (Wildman–Crippen MR) is 95.4 cm³/mol. The number of ether oxygens (including phenoxy) is 1. The highest BCUT2D eigenvalue weighted by Crippen LogP contribution is 2.36. The summed E-state index contributed by atoms with van der Waals surface area (Å²) in [7, 11) is 1.71. The molecule has 0 saturated carbocycles. The molecule has 23 heavy (non-hydrogen) atoms. The van der Waals surface area contributed by atoms with Gasteiger partial charge in [0.05, 0.1) is 7.11 Å². The number of likely N-dealkylation sites (tertiary alicyclic amines) is 1. The van der Waals surface area contributed by atoms with Crippen LogP contribution in [0.3, 0.4) is 0 Å². The van der Waals surface area contributed by atoms with Crippen molar-refractivity contribution in [3.63, 3.8) is 0 Å². The van der Waals surface area contributed by atoms with Gasteiger partial charge in [0, 0.05) is 24.7 Å². The van der Waals surface area contributed by atoms with Crippen molar-refractivity contribution in [3.05, 3.63) is 53.8 Å². The molecule has 1 unspecified atom stereocenters. The van der Waals surface area contributed by atoms with Gasteiger partial charge in [-0.2, -0.15) is 0 Å². The van der Waals surface area contributed by atoms with Crippen molar-refractivity contribution in [1.82, 2.24) is 4.90 Å². The summed E-state index contributed by atoms with van der Waals surface area (Å²) in [5.74, 6) is 1.51. The smallest absolute Gasteiger partial charge is 0.118 e. The summed E-state index contributed by atoms with van der Waals surface area (Å²) in [5, 5.41) is 0. The maximum absolute atomic E-state index is 5.24. The molecule has 0 radical (unpaired) electrons. The second-order valence-corrected chi connectivity index (χ2v) is 6.48. The molecule has 1 aliphatic carbocycles. The Balaban J connectivity index is 0.00000192. The highest BCUT2D eigenvalue weighted by atomic mass is 16.5. The molecule has 0 aromatic heterocycles. The number of benzene rings is 1. The van der Waals surface area contributed by atoms with Crippen LogP contribution in [0, 0.1) is 5.92 Å². The molecule has 1 aromatic carbocycles. The van der Waals surface area contributed by atoms with E-state index in [1.165, 1.54) is 49.8 Å². The van der Waals surface area contributed by atoms with Crippen molar-refractivity contribution < 1.29 is 10.2 Å². The largest absolute Gasteiger partial charge is 0.497 e. The molecular weight excluding hydrogens is 286 g/mol. The summed E-state index contributed by atoms with van der Waals surface area (Å²) in [6, 6.07) is 8.41. The van der Waals surface area contributed by atoms with Gasteiger partial charge in [-0.05, 0) is 56.2 Å². The van der Waals surface area contributed by atoms with Crippen LogP contribution in [0.2, 0.25) is 0 Å². The van der Waals surface area contributed by atoms with Gasteiger partial charge < -0.3 is 15.1 Å². The van der Waals surface area contributed by atoms with E-state index in [0.717, 1.165) is 18.8 Å². The fourth-order valence-corrected chi connectivity index (χ4v) is 3.73. The molecule has 3 nitrogen and oxygen atoms in total. The SMILES string of the molecule is C=C1C(C2=CCCCC2)CCCN1Cc1ccc(OC)cc1.O. The first-order valence-corrected chi connectivity index (χ1v) is 8.53. The summed E-state index contributed by atoms with van der Waals surface area (Å²) in [6.07, 6.45) is 10.3. The number of piperidine rings is 1. The molecule has 1 saturated heterocycles. The topological polar surface area (TPSA) is 44.0 Å². The molecule has 3 heteroatoms. The predicted octanol–water partition coefficient (Wildman–Crippen LogP) is 4.10. The van der Waals surface area contributed by atoms with Crippen molar-refractivity contribution in [2.24, 2.45) is 5.92 Å². The maximum atomic E-state index is 5.24. The van der Waals surface area contributed by atoms with Crippen molar-refractivity contribution in [2.75, 3.05) is 13.7 Å². The van der Waals surface area contributed by atoms with E-state index in [9.17, 15) is 0 Å². The van der Waals surface area contributed by atoms with Gasteiger partial charge in [-0.25, -0.2) is 0 Å². The molecule has 1 fully saturated rings. The van der Waals surface area contributed by atoms with E-state index < -0.39 is 0 Å². The van der Waals surface area contributed by atoms with Crippen LogP contribution >= 0.6 is 0 Å². The minimum atomic E-state index is 0. The lowest BCUT2D eigenvalue weighted by Gasteiger charge is -2.38. The molecule has 1 aliphatic heterocycles. The monoisotopic (exact) mass is 315 g/mol. The molecule has 1 atom stereocenters. The highest BCUT2D eigenvalue weighted by molar-refractivity contribution is 5.28. The quantitative estimate of drug-likeness (QED) is 0.785. The van der Waals surface area contributed by atoms with Gasteiger partial charge in [0.2, 0.25) is 0 Å². The number of hydrogen-bond donors (Lipinski definition) is 0. The Morgan fingerprint density at radius 2 is 1.96 bits per heavy atom. The van der Waals surface area contributed by atoms with Gasteiger partial charge in [-0.15, -0.1) is 0 Å². The molecule has 2 N–H and O–H groups in total. The molecule has 2 aliphatic rings. The number of allylic oxidation sites excluding steroid dienone is 2. The van der Waals surface area contributed by atoms with E-state index in [2.05, 4.69) is 29.7 Å². The molecule has 1 aromatic rings. The first-order chi connectivity index (χ1) is 10.8. The molecule has 0 bridgehead atoms. The third kappa shape index (κ3) is 4.17. The standard InChI is InChI=1S/C20H27NO.H2O/c1-16-20(18-7-4-3-5-8-18)9-6-14-21(16)15-17-10-12-19(22-2)13-11-17;/h7,10-13,20H,1,3-6,8-9,14-15H2,2H3;1H2. The van der Waals surface area contributed by atoms with E-state index in [1.807, 2.05) is 12.1 Å². The van der Waals surface area contributed by atoms with Gasteiger partial charge in [0.25, 0.3) is 0 Å². The zero-order valence-corrected chi connectivity index (χ0v) is 14.2. The van der Waals surface area contributed by atoms with Crippen molar-refractivity contribution >= 4 is 0 Å². The Labute approximate surface area is 140 Å². The lowest BCUT2D eigenvalue weighted by molar-refractivity contribution is 0.248. The van der Waals surface area contributed by atoms with Crippen LogP contribution in [-0.2, 0) is 6.54 Å². The van der Waals surface area contributed by atoms with Gasteiger partial charge in [0.15, 0.2) is 0 Å². The van der Waals surface area contributed by atoms with E-state index in [-0.39, 0.29) is 5.48 Å². The van der Waals surface area contributed by atoms with E-state index in [0.29, 0.717) is 5.92 Å². The number of methoxy groups -OCH3 is 1. The number of rotatable bonds is 4. The lowest BCUT2D eigenvalue weighted by Crippen LogP contribution is -2.33. The van der Waals surface area contributed by atoms with Crippen LogP contribution < -0.4 is 4.74 Å². The maximum Gasteiger partial charge on any atom is 0.118 e. The van der Waals surface area contributed by atoms with E-state index in [1.54, 1.807) is 12.7 Å². The van der Waals surface area contributed by atoms with Crippen molar-refractivity contribution in [1.29, 1.82) is 0 Å². The van der Waals surface area contributed by atoms with Crippen LogP contribution in [0.25, 0.3) is 0 Å². The third-order valence-electron chi connectivity index (χ3n) is 5.04. The average molecular weight is 315 g/mol. The van der Waals surface area contributed by atoms with Gasteiger partial charge in [0.1, 0.15) is 5.75 Å². The summed E-state index contributed by atoms with van der Waals surface area (Å²) in [6.45, 7) is 6.54. The zero-order chi connectivity index (χ0) is 15.4.